The summed E-state index contributed by atoms with van der Waals surface area (Å²) in [6.07, 6.45) is 14.1. The van der Waals surface area contributed by atoms with E-state index in [0.29, 0.717) is 24.0 Å². The number of unbranched alkanes of at least 4 members (excludes halogenated alkanes) is 2. The molecule has 2 aliphatic rings. The van der Waals surface area contributed by atoms with Crippen molar-refractivity contribution in [3.63, 3.8) is 0 Å². The lowest BCUT2D eigenvalue weighted by molar-refractivity contribution is -0.0993. The molecule has 0 saturated heterocycles. The molecule has 24 heavy (non-hydrogen) atoms. The van der Waals surface area contributed by atoms with Gasteiger partial charge in [-0.2, -0.15) is 0 Å². The lowest BCUT2D eigenvalue weighted by atomic mass is 9.77. The Hall–Kier alpha value is -0.0800. The van der Waals surface area contributed by atoms with Crippen molar-refractivity contribution in [2.45, 2.75) is 104 Å². The smallest absolute Gasteiger partial charge is 0.0605 e. The molecular formula is C22H42O2. The van der Waals surface area contributed by atoms with Crippen LogP contribution in [-0.2, 0) is 9.47 Å². The summed E-state index contributed by atoms with van der Waals surface area (Å²) in [5.74, 6) is 3.06. The van der Waals surface area contributed by atoms with E-state index in [0.717, 1.165) is 25.0 Å². The molecule has 0 aromatic carbocycles. The summed E-state index contributed by atoms with van der Waals surface area (Å²) >= 11 is 0. The first kappa shape index (κ1) is 20.2. The van der Waals surface area contributed by atoms with Gasteiger partial charge in [0.05, 0.1) is 12.2 Å². The lowest BCUT2D eigenvalue weighted by Gasteiger charge is -2.40. The van der Waals surface area contributed by atoms with E-state index in [2.05, 4.69) is 27.7 Å². The average molecular weight is 339 g/mol. The summed E-state index contributed by atoms with van der Waals surface area (Å²) in [4.78, 5) is 0. The van der Waals surface area contributed by atoms with Crippen molar-refractivity contribution in [1.29, 1.82) is 0 Å². The van der Waals surface area contributed by atoms with Gasteiger partial charge in [0, 0.05) is 13.2 Å². The summed E-state index contributed by atoms with van der Waals surface area (Å²) in [6, 6.07) is 0. The zero-order valence-electron chi connectivity index (χ0n) is 16.8. The molecule has 4 unspecified atom stereocenters. The molecule has 0 spiro atoms. The van der Waals surface area contributed by atoms with Crippen molar-refractivity contribution in [1.82, 2.24) is 0 Å². The predicted molar refractivity (Wildman–Crippen MR) is 102 cm³/mol. The highest BCUT2D eigenvalue weighted by molar-refractivity contribution is 4.85. The summed E-state index contributed by atoms with van der Waals surface area (Å²) < 4.78 is 12.6. The second-order valence-electron chi connectivity index (χ2n) is 8.58. The Balaban J connectivity index is 1.66. The largest absolute Gasteiger partial charge is 0.378 e. The maximum absolute atomic E-state index is 6.41. The zero-order chi connectivity index (χ0) is 17.4. The number of hydrogen-bond acceptors (Lipinski definition) is 2. The van der Waals surface area contributed by atoms with Gasteiger partial charge in [-0.25, -0.2) is 0 Å². The van der Waals surface area contributed by atoms with Gasteiger partial charge in [-0.1, -0.05) is 59.8 Å². The van der Waals surface area contributed by atoms with E-state index in [9.17, 15) is 0 Å². The minimum absolute atomic E-state index is 0.455. The van der Waals surface area contributed by atoms with Crippen LogP contribution in [0.4, 0.5) is 0 Å². The first-order chi connectivity index (χ1) is 11.7. The molecule has 0 N–H and O–H groups in total. The fraction of sp³-hybridized carbons (Fsp3) is 1.00. The highest BCUT2D eigenvalue weighted by Gasteiger charge is 2.35. The van der Waals surface area contributed by atoms with E-state index >= 15 is 0 Å². The predicted octanol–water partition coefficient (Wildman–Crippen LogP) is 6.23. The second kappa shape index (κ2) is 10.8. The Kier molecular flexibility index (Phi) is 9.11. The third kappa shape index (κ3) is 6.02. The first-order valence-electron chi connectivity index (χ1n) is 10.9. The Morgan fingerprint density at radius 3 is 1.88 bits per heavy atom. The van der Waals surface area contributed by atoms with Gasteiger partial charge in [-0.15, -0.1) is 0 Å². The average Bonchev–Trinajstić information content (AvgIpc) is 2.62. The molecule has 0 aliphatic heterocycles. The maximum Gasteiger partial charge on any atom is 0.0605 e. The van der Waals surface area contributed by atoms with Crippen molar-refractivity contribution < 1.29 is 9.47 Å². The quantitative estimate of drug-likeness (QED) is 0.464. The van der Waals surface area contributed by atoms with E-state index in [4.69, 9.17) is 9.47 Å². The van der Waals surface area contributed by atoms with Gasteiger partial charge in [-0.3, -0.25) is 0 Å². The van der Waals surface area contributed by atoms with Gasteiger partial charge in [-0.05, 0) is 55.8 Å². The van der Waals surface area contributed by atoms with Crippen LogP contribution in [0, 0.1) is 23.7 Å². The molecule has 2 aliphatic carbocycles. The van der Waals surface area contributed by atoms with Gasteiger partial charge in [0.15, 0.2) is 0 Å². The minimum atomic E-state index is 0.455. The van der Waals surface area contributed by atoms with Crippen LogP contribution in [0.25, 0.3) is 0 Å². The van der Waals surface area contributed by atoms with Gasteiger partial charge < -0.3 is 9.47 Å². The summed E-state index contributed by atoms with van der Waals surface area (Å²) in [5, 5.41) is 0. The molecule has 142 valence electrons. The van der Waals surface area contributed by atoms with Gasteiger partial charge in [0.25, 0.3) is 0 Å². The Morgan fingerprint density at radius 2 is 1.29 bits per heavy atom. The van der Waals surface area contributed by atoms with E-state index < -0.39 is 0 Å². The van der Waals surface area contributed by atoms with Crippen molar-refractivity contribution in [2.75, 3.05) is 13.2 Å². The molecule has 0 bridgehead atoms. The fourth-order valence-electron chi connectivity index (χ4n) is 4.65. The molecular weight excluding hydrogens is 296 g/mol. The van der Waals surface area contributed by atoms with Gasteiger partial charge in [0.1, 0.15) is 0 Å². The number of ether oxygens (including phenoxy) is 2. The van der Waals surface area contributed by atoms with Crippen LogP contribution in [0.15, 0.2) is 0 Å². The molecule has 0 aromatic rings. The SMILES string of the molecule is CCCCCOC1CCC(OCC2CCC(CC)CC2)C(C)C1C. The van der Waals surface area contributed by atoms with Crippen LogP contribution in [0.2, 0.25) is 0 Å². The van der Waals surface area contributed by atoms with Gasteiger partial charge >= 0.3 is 0 Å². The molecule has 2 saturated carbocycles. The Bertz CT molecular complexity index is 322. The monoisotopic (exact) mass is 338 g/mol. The molecule has 2 nitrogen and oxygen atoms in total. The molecule has 2 fully saturated rings. The van der Waals surface area contributed by atoms with Crippen LogP contribution in [0.5, 0.6) is 0 Å². The van der Waals surface area contributed by atoms with E-state index in [1.54, 1.807) is 0 Å². The molecule has 0 aromatic heterocycles. The molecule has 0 amide bonds. The Morgan fingerprint density at radius 1 is 0.708 bits per heavy atom. The molecule has 4 atom stereocenters. The summed E-state index contributed by atoms with van der Waals surface area (Å²) in [6.45, 7) is 11.3. The normalized spacial score (nSPS) is 37.5. The molecule has 0 radical (unpaired) electrons. The topological polar surface area (TPSA) is 18.5 Å². The summed E-state index contributed by atoms with van der Waals surface area (Å²) in [5.41, 5.74) is 0. The van der Waals surface area contributed by atoms with Crippen molar-refractivity contribution >= 4 is 0 Å². The van der Waals surface area contributed by atoms with Crippen LogP contribution < -0.4 is 0 Å². The van der Waals surface area contributed by atoms with Crippen LogP contribution in [-0.4, -0.2) is 25.4 Å². The van der Waals surface area contributed by atoms with Crippen molar-refractivity contribution in [3.8, 4) is 0 Å². The number of hydrogen-bond donors (Lipinski definition) is 0. The number of rotatable bonds is 9. The highest BCUT2D eigenvalue weighted by Crippen LogP contribution is 2.36. The lowest BCUT2D eigenvalue weighted by Crippen LogP contribution is -2.41. The Labute approximate surface area is 151 Å². The molecule has 2 heteroatoms. The fourth-order valence-corrected chi connectivity index (χ4v) is 4.65. The van der Waals surface area contributed by atoms with Crippen molar-refractivity contribution in [3.05, 3.63) is 0 Å². The molecule has 0 heterocycles. The summed E-state index contributed by atoms with van der Waals surface area (Å²) in [7, 11) is 0. The maximum atomic E-state index is 6.41. The molecule has 2 rings (SSSR count). The van der Waals surface area contributed by atoms with E-state index in [-0.39, 0.29) is 0 Å². The van der Waals surface area contributed by atoms with Crippen molar-refractivity contribution in [2.24, 2.45) is 23.7 Å². The van der Waals surface area contributed by atoms with E-state index in [1.807, 2.05) is 0 Å². The van der Waals surface area contributed by atoms with E-state index in [1.165, 1.54) is 64.2 Å². The third-order valence-corrected chi connectivity index (χ3v) is 6.91. The van der Waals surface area contributed by atoms with Crippen LogP contribution >= 0.6 is 0 Å². The van der Waals surface area contributed by atoms with Gasteiger partial charge in [0.2, 0.25) is 0 Å². The third-order valence-electron chi connectivity index (χ3n) is 6.91. The van der Waals surface area contributed by atoms with Crippen LogP contribution in [0.1, 0.15) is 91.9 Å². The first-order valence-corrected chi connectivity index (χ1v) is 10.9. The standard InChI is InChI=1S/C22H42O2/c1-5-7-8-15-23-21-13-14-22(18(4)17(21)3)24-16-20-11-9-19(6-2)10-12-20/h17-22H,5-16H2,1-4H3. The zero-order valence-corrected chi connectivity index (χ0v) is 16.8. The highest BCUT2D eigenvalue weighted by atomic mass is 16.5. The van der Waals surface area contributed by atoms with Crippen LogP contribution in [0.3, 0.4) is 0 Å². The minimum Gasteiger partial charge on any atom is -0.378 e. The second-order valence-corrected chi connectivity index (χ2v) is 8.58.